The lowest BCUT2D eigenvalue weighted by Crippen LogP contribution is -2.57. The van der Waals surface area contributed by atoms with Crippen molar-refractivity contribution in [1.29, 1.82) is 5.41 Å². The summed E-state index contributed by atoms with van der Waals surface area (Å²) in [6.45, 7) is 5.03. The van der Waals surface area contributed by atoms with Crippen molar-refractivity contribution in [3.05, 3.63) is 77.9 Å². The second kappa shape index (κ2) is 15.2. The van der Waals surface area contributed by atoms with Gasteiger partial charge in [-0.15, -0.1) is 12.4 Å². The second-order valence-corrected chi connectivity index (χ2v) is 12.9. The topological polar surface area (TPSA) is 149 Å². The maximum absolute atomic E-state index is 13.7. The van der Waals surface area contributed by atoms with E-state index in [1.165, 1.54) is 11.1 Å². The average molecular weight is 629 g/mol. The Kier molecular flexibility index (Phi) is 11.9. The van der Waals surface area contributed by atoms with E-state index in [-0.39, 0.29) is 48.1 Å². The van der Waals surface area contributed by atoms with Gasteiger partial charge < -0.3 is 10.6 Å². The predicted molar refractivity (Wildman–Crippen MR) is 171 cm³/mol. The second-order valence-electron chi connectivity index (χ2n) is 11.2. The molecule has 4 rings (SSSR count). The Morgan fingerprint density at radius 3 is 2.19 bits per heavy atom. The number of nitrogen functional groups attached to an aromatic ring is 1. The monoisotopic (exact) mass is 628 g/mol. The quantitative estimate of drug-likeness (QED) is 0.153. The smallest absolute Gasteiger partial charge is 0.339 e. The molecule has 0 aromatic heterocycles. The predicted octanol–water partition coefficient (Wildman–Crippen LogP) is 4.77. The number of hydrogen-bond acceptors (Lipinski definition) is 5. The van der Waals surface area contributed by atoms with Crippen molar-refractivity contribution < 1.29 is 18.0 Å². The van der Waals surface area contributed by atoms with Gasteiger partial charge >= 0.3 is 6.03 Å². The van der Waals surface area contributed by atoms with Crippen LogP contribution in [0, 0.1) is 11.3 Å². The van der Waals surface area contributed by atoms with Gasteiger partial charge in [-0.25, -0.2) is 18.2 Å². The summed E-state index contributed by atoms with van der Waals surface area (Å²) in [4.78, 5) is 29.2. The van der Waals surface area contributed by atoms with Crippen molar-refractivity contribution in [1.82, 2.24) is 20.1 Å². The van der Waals surface area contributed by atoms with Gasteiger partial charge in [-0.1, -0.05) is 81.3 Å². The van der Waals surface area contributed by atoms with Gasteiger partial charge in [0.25, 0.3) is 5.91 Å². The third-order valence-corrected chi connectivity index (χ3v) is 8.78. The molecule has 1 fully saturated rings. The number of carbonyl (C=O) groups is 2. The van der Waals surface area contributed by atoms with Gasteiger partial charge in [-0.05, 0) is 53.6 Å². The third kappa shape index (κ3) is 9.16. The summed E-state index contributed by atoms with van der Waals surface area (Å²) in [6, 6.07) is 17.7. The zero-order valence-electron chi connectivity index (χ0n) is 24.6. The van der Waals surface area contributed by atoms with Gasteiger partial charge in [-0.3, -0.25) is 15.6 Å². The van der Waals surface area contributed by atoms with E-state index in [0.29, 0.717) is 18.7 Å². The fourth-order valence-electron chi connectivity index (χ4n) is 5.04. The molecule has 232 valence electrons. The highest BCUT2D eigenvalue weighted by molar-refractivity contribution is 7.89. The van der Waals surface area contributed by atoms with Crippen LogP contribution < -0.4 is 15.9 Å². The molecule has 3 amide bonds. The summed E-state index contributed by atoms with van der Waals surface area (Å²) in [5, 5.41) is 10.6. The van der Waals surface area contributed by atoms with E-state index in [9.17, 15) is 18.0 Å². The molecule has 43 heavy (non-hydrogen) atoms. The molecular formula is C31H41ClN6O4S. The number of nitrogens with two attached hydrogens (primary N) is 1. The van der Waals surface area contributed by atoms with E-state index in [1.807, 2.05) is 38.1 Å². The minimum absolute atomic E-state index is 0. The zero-order chi connectivity index (χ0) is 30.3. The molecule has 5 N–H and O–H groups in total. The standard InChI is InChI=1S/C31H40N6O4S.ClH/c1-22(2)19-28(35-42(40,41)27-16-15-24-9-5-6-10-26(24)20-27)30(38)34-37(31(39)36-17-7-3-4-8-18-36)21-23-11-13-25(14-12-23)29(32)33;/h5-6,9-16,20,22,28,35H,3-4,7-8,17-19,21H2,1-2H3,(H3,32,33)(H,34,38);1H. The highest BCUT2D eigenvalue weighted by atomic mass is 35.5. The minimum Gasteiger partial charge on any atom is -0.384 e. The van der Waals surface area contributed by atoms with Crippen LogP contribution in [0.25, 0.3) is 10.8 Å². The van der Waals surface area contributed by atoms with Crippen molar-refractivity contribution >= 4 is 51.0 Å². The first-order chi connectivity index (χ1) is 20.0. The average Bonchev–Trinajstić information content (AvgIpc) is 3.25. The number of halogens is 1. The van der Waals surface area contributed by atoms with Crippen molar-refractivity contribution in [2.75, 3.05) is 13.1 Å². The highest BCUT2D eigenvalue weighted by Crippen LogP contribution is 2.20. The normalized spacial score (nSPS) is 14.4. The first-order valence-electron chi connectivity index (χ1n) is 14.3. The van der Waals surface area contributed by atoms with Crippen LogP contribution in [-0.4, -0.2) is 55.2 Å². The molecular weight excluding hydrogens is 588 g/mol. The number of benzene rings is 3. The number of likely N-dealkylation sites (tertiary alicyclic amines) is 1. The first-order valence-corrected chi connectivity index (χ1v) is 15.8. The van der Waals surface area contributed by atoms with E-state index in [0.717, 1.165) is 42.0 Å². The summed E-state index contributed by atoms with van der Waals surface area (Å²) in [5.74, 6) is -0.687. The van der Waals surface area contributed by atoms with Crippen LogP contribution in [0.1, 0.15) is 57.1 Å². The number of urea groups is 1. The Bertz CT molecular complexity index is 1520. The summed E-state index contributed by atoms with van der Waals surface area (Å²) in [7, 11) is -4.05. The molecule has 1 aliphatic heterocycles. The van der Waals surface area contributed by atoms with Crippen molar-refractivity contribution in [2.24, 2.45) is 11.7 Å². The van der Waals surface area contributed by atoms with Gasteiger partial charge in [0, 0.05) is 18.7 Å². The molecule has 12 heteroatoms. The van der Waals surface area contributed by atoms with Gasteiger partial charge in [0.15, 0.2) is 0 Å². The molecule has 0 saturated carbocycles. The molecule has 0 aliphatic carbocycles. The van der Waals surface area contributed by atoms with Crippen LogP contribution in [-0.2, 0) is 21.4 Å². The van der Waals surface area contributed by atoms with Crippen LogP contribution in [0.4, 0.5) is 4.79 Å². The van der Waals surface area contributed by atoms with Crippen LogP contribution in [0.5, 0.6) is 0 Å². The van der Waals surface area contributed by atoms with E-state index in [2.05, 4.69) is 10.1 Å². The molecule has 1 atom stereocenters. The number of sulfonamides is 1. The zero-order valence-corrected chi connectivity index (χ0v) is 26.2. The van der Waals surface area contributed by atoms with Gasteiger partial charge in [0.2, 0.25) is 10.0 Å². The Labute approximate surface area is 259 Å². The molecule has 1 heterocycles. The van der Waals surface area contributed by atoms with Crippen LogP contribution in [0.2, 0.25) is 0 Å². The number of rotatable bonds is 9. The molecule has 0 radical (unpaired) electrons. The fourth-order valence-corrected chi connectivity index (χ4v) is 6.28. The van der Waals surface area contributed by atoms with E-state index in [4.69, 9.17) is 11.1 Å². The molecule has 3 aromatic carbocycles. The molecule has 3 aromatic rings. The number of hydrogen-bond donors (Lipinski definition) is 4. The highest BCUT2D eigenvalue weighted by Gasteiger charge is 2.30. The molecule has 0 spiro atoms. The Morgan fingerprint density at radius 2 is 1.58 bits per heavy atom. The number of amidine groups is 1. The molecule has 10 nitrogen and oxygen atoms in total. The van der Waals surface area contributed by atoms with Gasteiger partial charge in [0.1, 0.15) is 11.9 Å². The summed E-state index contributed by atoms with van der Waals surface area (Å²) < 4.78 is 29.5. The van der Waals surface area contributed by atoms with Crippen molar-refractivity contribution in [3.8, 4) is 0 Å². The fraction of sp³-hybridized carbons (Fsp3) is 0.387. The Hall–Kier alpha value is -3.67. The number of nitrogens with one attached hydrogen (secondary N) is 3. The molecule has 1 aliphatic rings. The number of hydrazine groups is 1. The van der Waals surface area contributed by atoms with E-state index in [1.54, 1.807) is 41.3 Å². The maximum atomic E-state index is 13.7. The van der Waals surface area contributed by atoms with Gasteiger partial charge in [0.05, 0.1) is 11.4 Å². The maximum Gasteiger partial charge on any atom is 0.339 e. The Balaban J connectivity index is 0.00000506. The molecule has 0 bridgehead atoms. The molecule has 1 unspecified atom stereocenters. The van der Waals surface area contributed by atoms with E-state index < -0.39 is 22.0 Å². The van der Waals surface area contributed by atoms with Crippen molar-refractivity contribution in [2.45, 2.75) is 63.4 Å². The largest absolute Gasteiger partial charge is 0.384 e. The summed E-state index contributed by atoms with van der Waals surface area (Å²) in [6.07, 6.45) is 4.06. The first kappa shape index (κ1) is 33.8. The lowest BCUT2D eigenvalue weighted by molar-refractivity contribution is -0.127. The van der Waals surface area contributed by atoms with Crippen LogP contribution >= 0.6 is 12.4 Å². The van der Waals surface area contributed by atoms with Crippen LogP contribution in [0.3, 0.4) is 0 Å². The van der Waals surface area contributed by atoms with Crippen molar-refractivity contribution in [3.63, 3.8) is 0 Å². The minimum atomic E-state index is -4.05. The lowest BCUT2D eigenvalue weighted by atomic mass is 10.0. The number of fused-ring (bicyclic) bond motifs is 1. The summed E-state index contributed by atoms with van der Waals surface area (Å²) in [5.41, 5.74) is 9.59. The Morgan fingerprint density at radius 1 is 0.953 bits per heavy atom. The third-order valence-electron chi connectivity index (χ3n) is 7.31. The molecule has 1 saturated heterocycles. The number of nitrogens with zero attached hydrogens (tertiary/aromatic N) is 2. The summed E-state index contributed by atoms with van der Waals surface area (Å²) >= 11 is 0. The number of carbonyl (C=O) groups excluding carboxylic acids is 2. The van der Waals surface area contributed by atoms with Crippen LogP contribution in [0.15, 0.2) is 71.6 Å². The lowest BCUT2D eigenvalue weighted by Gasteiger charge is -2.31. The SMILES string of the molecule is CC(C)CC(NS(=O)(=O)c1ccc2ccccc2c1)C(=O)NN(Cc1ccc(C(=N)N)cc1)C(=O)N1CCCCCC1.Cl. The number of amides is 3. The van der Waals surface area contributed by atoms with Gasteiger partial charge in [-0.2, -0.15) is 4.72 Å². The van der Waals surface area contributed by atoms with E-state index >= 15 is 0 Å².